The molecular formula is C11H14O3. The van der Waals surface area contributed by atoms with Crippen LogP contribution in [-0.4, -0.2) is 26.6 Å². The maximum atomic E-state index is 5.28. The summed E-state index contributed by atoms with van der Waals surface area (Å²) in [7, 11) is 1.61. The predicted octanol–water partition coefficient (Wildman–Crippen LogP) is 1.61. The molecule has 1 saturated heterocycles. The summed E-state index contributed by atoms with van der Waals surface area (Å²) in [6, 6.07) is 8.03. The molecule has 2 rings (SSSR count). The van der Waals surface area contributed by atoms with Gasteiger partial charge in [-0.15, -0.1) is 0 Å². The van der Waals surface area contributed by atoms with Gasteiger partial charge in [0.25, 0.3) is 0 Å². The molecule has 0 saturated carbocycles. The van der Waals surface area contributed by atoms with E-state index in [1.807, 2.05) is 12.1 Å². The van der Waals surface area contributed by atoms with Gasteiger partial charge in [0.1, 0.15) is 5.75 Å². The van der Waals surface area contributed by atoms with E-state index in [1.54, 1.807) is 7.11 Å². The lowest BCUT2D eigenvalue weighted by Crippen LogP contribution is -1.99. The zero-order chi connectivity index (χ0) is 9.80. The Morgan fingerprint density at radius 2 is 2.07 bits per heavy atom. The van der Waals surface area contributed by atoms with Crippen molar-refractivity contribution in [1.82, 2.24) is 0 Å². The van der Waals surface area contributed by atoms with Gasteiger partial charge < -0.3 is 14.2 Å². The number of methoxy groups -OCH3 is 1. The van der Waals surface area contributed by atoms with Gasteiger partial charge in [0.15, 0.2) is 6.79 Å². The lowest BCUT2D eigenvalue weighted by molar-refractivity contribution is 0.0511. The molecule has 1 fully saturated rings. The van der Waals surface area contributed by atoms with Gasteiger partial charge in [-0.2, -0.15) is 0 Å². The molecular weight excluding hydrogens is 180 g/mol. The van der Waals surface area contributed by atoms with Crippen molar-refractivity contribution in [3.63, 3.8) is 0 Å². The number of ether oxygens (including phenoxy) is 3. The van der Waals surface area contributed by atoms with Crippen LogP contribution in [0.25, 0.3) is 0 Å². The van der Waals surface area contributed by atoms with Crippen LogP contribution in [0.4, 0.5) is 0 Å². The third-order valence-corrected chi connectivity index (χ3v) is 2.13. The van der Waals surface area contributed by atoms with E-state index in [9.17, 15) is 0 Å². The lowest BCUT2D eigenvalue weighted by atomic mass is 10.1. The highest BCUT2D eigenvalue weighted by Crippen LogP contribution is 2.18. The van der Waals surface area contributed by atoms with E-state index >= 15 is 0 Å². The molecule has 1 atom stereocenters. The third-order valence-electron chi connectivity index (χ3n) is 2.13. The number of rotatable bonds is 5. The molecule has 0 amide bonds. The molecule has 1 aromatic rings. The van der Waals surface area contributed by atoms with E-state index < -0.39 is 0 Å². The van der Waals surface area contributed by atoms with Crippen LogP contribution in [0.15, 0.2) is 24.3 Å². The topological polar surface area (TPSA) is 31.0 Å². The van der Waals surface area contributed by atoms with Crippen molar-refractivity contribution >= 4 is 0 Å². The van der Waals surface area contributed by atoms with E-state index in [2.05, 4.69) is 12.1 Å². The summed E-state index contributed by atoms with van der Waals surface area (Å²) in [4.78, 5) is 0. The van der Waals surface area contributed by atoms with Crippen LogP contribution in [0.2, 0.25) is 0 Å². The first-order valence-electron chi connectivity index (χ1n) is 4.71. The Hall–Kier alpha value is -1.06. The summed E-state index contributed by atoms with van der Waals surface area (Å²) < 4.78 is 15.2. The predicted molar refractivity (Wildman–Crippen MR) is 52.4 cm³/mol. The minimum absolute atomic E-state index is 0.297. The lowest BCUT2D eigenvalue weighted by Gasteiger charge is -2.04. The monoisotopic (exact) mass is 194 g/mol. The van der Waals surface area contributed by atoms with Gasteiger partial charge in [-0.3, -0.25) is 0 Å². The Morgan fingerprint density at radius 3 is 2.64 bits per heavy atom. The second kappa shape index (κ2) is 4.44. The summed E-state index contributed by atoms with van der Waals surface area (Å²) in [5.41, 5.74) is 1.29. The number of benzene rings is 1. The Balaban J connectivity index is 1.88. The smallest absolute Gasteiger partial charge is 0.188 e. The number of epoxide rings is 1. The second-order valence-electron chi connectivity index (χ2n) is 3.35. The molecule has 0 aliphatic carbocycles. The number of hydrogen-bond acceptors (Lipinski definition) is 3. The summed E-state index contributed by atoms with van der Waals surface area (Å²) in [5.74, 6) is 0.840. The van der Waals surface area contributed by atoms with Gasteiger partial charge in [0.05, 0.1) is 12.7 Å². The number of hydrogen-bond donors (Lipinski definition) is 0. The molecule has 3 heteroatoms. The molecule has 1 aromatic carbocycles. The van der Waals surface area contributed by atoms with Crippen molar-refractivity contribution in [1.29, 1.82) is 0 Å². The van der Waals surface area contributed by atoms with Crippen LogP contribution >= 0.6 is 0 Å². The molecule has 0 radical (unpaired) electrons. The summed E-state index contributed by atoms with van der Waals surface area (Å²) in [5, 5.41) is 0. The molecule has 0 spiro atoms. The van der Waals surface area contributed by atoms with Crippen molar-refractivity contribution in [2.75, 3.05) is 20.5 Å². The minimum Gasteiger partial charge on any atom is -0.468 e. The Morgan fingerprint density at radius 1 is 1.36 bits per heavy atom. The van der Waals surface area contributed by atoms with Crippen LogP contribution < -0.4 is 4.74 Å². The largest absolute Gasteiger partial charge is 0.468 e. The first kappa shape index (κ1) is 9.49. The second-order valence-corrected chi connectivity index (χ2v) is 3.35. The van der Waals surface area contributed by atoms with Gasteiger partial charge in [-0.25, -0.2) is 0 Å². The molecule has 0 bridgehead atoms. The molecule has 76 valence electrons. The van der Waals surface area contributed by atoms with Gasteiger partial charge in [-0.1, -0.05) is 12.1 Å². The van der Waals surface area contributed by atoms with Gasteiger partial charge >= 0.3 is 0 Å². The van der Waals surface area contributed by atoms with Gasteiger partial charge in [0.2, 0.25) is 0 Å². The normalized spacial score (nSPS) is 19.4. The Bertz CT molecular complexity index is 277. The molecule has 1 heterocycles. The first-order chi connectivity index (χ1) is 6.88. The summed E-state index contributed by atoms with van der Waals surface area (Å²) >= 11 is 0. The maximum absolute atomic E-state index is 5.28. The minimum atomic E-state index is 0.297. The van der Waals surface area contributed by atoms with Gasteiger partial charge in [0, 0.05) is 13.5 Å². The van der Waals surface area contributed by atoms with E-state index in [4.69, 9.17) is 14.2 Å². The van der Waals surface area contributed by atoms with Crippen LogP contribution in [-0.2, 0) is 15.9 Å². The molecule has 1 aliphatic rings. The molecule has 0 N–H and O–H groups in total. The fourth-order valence-electron chi connectivity index (χ4n) is 1.30. The highest BCUT2D eigenvalue weighted by atomic mass is 16.7. The van der Waals surface area contributed by atoms with Crippen LogP contribution in [0, 0.1) is 0 Å². The molecule has 3 nitrogen and oxygen atoms in total. The fourth-order valence-corrected chi connectivity index (χ4v) is 1.30. The van der Waals surface area contributed by atoms with E-state index in [1.165, 1.54) is 5.56 Å². The van der Waals surface area contributed by atoms with E-state index in [0.717, 1.165) is 18.8 Å². The van der Waals surface area contributed by atoms with Crippen molar-refractivity contribution in [2.45, 2.75) is 12.5 Å². The Kier molecular flexibility index (Phi) is 3.01. The molecule has 14 heavy (non-hydrogen) atoms. The van der Waals surface area contributed by atoms with Crippen molar-refractivity contribution in [3.05, 3.63) is 29.8 Å². The van der Waals surface area contributed by atoms with E-state index in [-0.39, 0.29) is 0 Å². The van der Waals surface area contributed by atoms with E-state index in [0.29, 0.717) is 12.9 Å². The maximum Gasteiger partial charge on any atom is 0.188 e. The fraction of sp³-hybridized carbons (Fsp3) is 0.455. The van der Waals surface area contributed by atoms with Crippen LogP contribution in [0.1, 0.15) is 5.56 Å². The third kappa shape index (κ3) is 2.72. The SMILES string of the molecule is COCOc1ccc(CC2CO2)cc1. The van der Waals surface area contributed by atoms with Crippen LogP contribution in [0.3, 0.4) is 0 Å². The standard InChI is InChI=1S/C11H14O3/c1-12-8-14-10-4-2-9(3-5-10)6-11-7-13-11/h2-5,11H,6-8H2,1H3. The molecule has 0 aromatic heterocycles. The quantitative estimate of drug-likeness (QED) is 0.527. The van der Waals surface area contributed by atoms with Crippen molar-refractivity contribution < 1.29 is 14.2 Å². The molecule has 1 unspecified atom stereocenters. The average molecular weight is 194 g/mol. The highest BCUT2D eigenvalue weighted by molar-refractivity contribution is 5.27. The van der Waals surface area contributed by atoms with Gasteiger partial charge in [-0.05, 0) is 17.7 Å². The zero-order valence-electron chi connectivity index (χ0n) is 8.23. The average Bonchev–Trinajstić information content (AvgIpc) is 3.01. The highest BCUT2D eigenvalue weighted by Gasteiger charge is 2.22. The van der Waals surface area contributed by atoms with Crippen LogP contribution in [0.5, 0.6) is 5.75 Å². The van der Waals surface area contributed by atoms with Crippen molar-refractivity contribution in [3.8, 4) is 5.75 Å². The summed E-state index contributed by atoms with van der Waals surface area (Å²) in [6.45, 7) is 1.20. The zero-order valence-corrected chi connectivity index (χ0v) is 8.23. The Labute approximate surface area is 83.6 Å². The summed E-state index contributed by atoms with van der Waals surface area (Å²) in [6.07, 6.45) is 1.45. The molecule has 1 aliphatic heterocycles. The van der Waals surface area contributed by atoms with Crippen molar-refractivity contribution in [2.24, 2.45) is 0 Å². The first-order valence-corrected chi connectivity index (χ1v) is 4.71.